The van der Waals surface area contributed by atoms with Crippen molar-refractivity contribution in [3.63, 3.8) is 0 Å². The molecule has 0 radical (unpaired) electrons. The van der Waals surface area contributed by atoms with Crippen LogP contribution in [-0.4, -0.2) is 5.78 Å². The second-order valence-electron chi connectivity index (χ2n) is 6.28. The fourth-order valence-corrected chi connectivity index (χ4v) is 3.39. The van der Waals surface area contributed by atoms with Gasteiger partial charge in [0.25, 0.3) is 0 Å². The van der Waals surface area contributed by atoms with E-state index in [1.165, 1.54) is 37.7 Å². The van der Waals surface area contributed by atoms with E-state index in [2.05, 4.69) is 26.0 Å². The zero-order chi connectivity index (χ0) is 14.4. The summed E-state index contributed by atoms with van der Waals surface area (Å²) in [7, 11) is 0. The van der Waals surface area contributed by atoms with Crippen molar-refractivity contribution in [2.75, 3.05) is 0 Å². The molecule has 1 aliphatic carbocycles. The van der Waals surface area contributed by atoms with Crippen LogP contribution in [-0.2, 0) is 6.42 Å². The molecule has 1 fully saturated rings. The summed E-state index contributed by atoms with van der Waals surface area (Å²) in [6.07, 6.45) is 9.72. The monoisotopic (exact) mass is 272 g/mol. The Bertz CT molecular complexity index is 427. The largest absolute Gasteiger partial charge is 0.294 e. The predicted molar refractivity (Wildman–Crippen MR) is 85.1 cm³/mol. The van der Waals surface area contributed by atoms with Crippen molar-refractivity contribution < 1.29 is 4.79 Å². The smallest absolute Gasteiger partial charge is 0.165 e. The molecule has 1 aromatic carbocycles. The number of carbonyl (C=O) groups excluding carboxylic acids is 1. The Morgan fingerprint density at radius 3 is 2.55 bits per heavy atom. The van der Waals surface area contributed by atoms with Crippen LogP contribution in [0.1, 0.15) is 74.7 Å². The van der Waals surface area contributed by atoms with E-state index >= 15 is 0 Å². The van der Waals surface area contributed by atoms with Gasteiger partial charge in [-0.1, -0.05) is 51.3 Å². The zero-order valence-corrected chi connectivity index (χ0v) is 13.0. The number of carbonyl (C=O) groups is 1. The van der Waals surface area contributed by atoms with E-state index in [-0.39, 0.29) is 5.92 Å². The van der Waals surface area contributed by atoms with Crippen LogP contribution < -0.4 is 0 Å². The zero-order valence-electron chi connectivity index (χ0n) is 13.0. The Labute approximate surface area is 123 Å². The van der Waals surface area contributed by atoms with Gasteiger partial charge in [0.15, 0.2) is 5.78 Å². The number of unbranched alkanes of at least 4 members (excludes halogenated alkanes) is 1. The molecule has 1 heteroatoms. The molecular formula is C19H28O. The molecule has 1 saturated carbocycles. The third-order valence-corrected chi connectivity index (χ3v) is 4.80. The minimum Gasteiger partial charge on any atom is -0.294 e. The summed E-state index contributed by atoms with van der Waals surface area (Å²) in [5, 5.41) is 0. The molecule has 0 spiro atoms. The van der Waals surface area contributed by atoms with Crippen LogP contribution in [0.15, 0.2) is 24.3 Å². The molecule has 0 saturated heterocycles. The highest BCUT2D eigenvalue weighted by Gasteiger charge is 2.26. The summed E-state index contributed by atoms with van der Waals surface area (Å²) in [6.45, 7) is 4.40. The lowest BCUT2D eigenvalue weighted by Crippen LogP contribution is -2.22. The lowest BCUT2D eigenvalue weighted by Gasteiger charge is -2.27. The lowest BCUT2D eigenvalue weighted by molar-refractivity contribution is 0.0869. The van der Waals surface area contributed by atoms with Crippen molar-refractivity contribution in [2.24, 2.45) is 11.8 Å². The Balaban J connectivity index is 1.91. The molecule has 0 aliphatic heterocycles. The SMILES string of the molecule is CCCCC1CCC(C(=O)c2cccc(CC)c2)CC1. The Hall–Kier alpha value is -1.11. The maximum absolute atomic E-state index is 12.6. The third kappa shape index (κ3) is 3.94. The highest BCUT2D eigenvalue weighted by Crippen LogP contribution is 2.33. The second kappa shape index (κ2) is 7.61. The predicted octanol–water partition coefficient (Wildman–Crippen LogP) is 5.43. The van der Waals surface area contributed by atoms with E-state index in [1.54, 1.807) is 0 Å². The van der Waals surface area contributed by atoms with Gasteiger partial charge in [-0.15, -0.1) is 0 Å². The van der Waals surface area contributed by atoms with Gasteiger partial charge in [-0.2, -0.15) is 0 Å². The number of benzene rings is 1. The average molecular weight is 272 g/mol. The molecule has 2 rings (SSSR count). The molecule has 1 aliphatic rings. The summed E-state index contributed by atoms with van der Waals surface area (Å²) in [5.41, 5.74) is 2.20. The van der Waals surface area contributed by atoms with Gasteiger partial charge in [-0.25, -0.2) is 0 Å². The van der Waals surface area contributed by atoms with Crippen LogP contribution in [0.4, 0.5) is 0 Å². The molecule has 1 aromatic rings. The first kappa shape index (κ1) is 15.3. The van der Waals surface area contributed by atoms with Gasteiger partial charge in [0, 0.05) is 11.5 Å². The normalized spacial score (nSPS) is 22.7. The number of rotatable bonds is 6. The van der Waals surface area contributed by atoms with Crippen molar-refractivity contribution in [1.82, 2.24) is 0 Å². The number of aryl methyl sites for hydroxylation is 1. The highest BCUT2D eigenvalue weighted by atomic mass is 16.1. The summed E-state index contributed by atoms with van der Waals surface area (Å²) in [6, 6.07) is 8.22. The van der Waals surface area contributed by atoms with Crippen molar-refractivity contribution in [3.8, 4) is 0 Å². The van der Waals surface area contributed by atoms with E-state index in [9.17, 15) is 4.79 Å². The summed E-state index contributed by atoms with van der Waals surface area (Å²) in [5.74, 6) is 1.54. The number of hydrogen-bond donors (Lipinski definition) is 0. The van der Waals surface area contributed by atoms with Gasteiger partial charge < -0.3 is 0 Å². The van der Waals surface area contributed by atoms with Crippen LogP contribution in [0.25, 0.3) is 0 Å². The molecule has 0 amide bonds. The Morgan fingerprint density at radius 1 is 1.15 bits per heavy atom. The summed E-state index contributed by atoms with van der Waals surface area (Å²) in [4.78, 5) is 12.6. The fraction of sp³-hybridized carbons (Fsp3) is 0.632. The van der Waals surface area contributed by atoms with Gasteiger partial charge in [-0.05, 0) is 49.7 Å². The molecule has 110 valence electrons. The first-order chi connectivity index (χ1) is 9.74. The maximum Gasteiger partial charge on any atom is 0.165 e. The van der Waals surface area contributed by atoms with Crippen molar-refractivity contribution in [3.05, 3.63) is 35.4 Å². The van der Waals surface area contributed by atoms with E-state index in [0.29, 0.717) is 5.78 Å². The first-order valence-corrected chi connectivity index (χ1v) is 8.37. The van der Waals surface area contributed by atoms with E-state index in [0.717, 1.165) is 30.7 Å². The molecule has 20 heavy (non-hydrogen) atoms. The van der Waals surface area contributed by atoms with Crippen LogP contribution >= 0.6 is 0 Å². The Morgan fingerprint density at radius 2 is 1.90 bits per heavy atom. The van der Waals surface area contributed by atoms with Crippen molar-refractivity contribution >= 4 is 5.78 Å². The van der Waals surface area contributed by atoms with Crippen molar-refractivity contribution in [1.29, 1.82) is 0 Å². The van der Waals surface area contributed by atoms with E-state index < -0.39 is 0 Å². The molecule has 0 unspecified atom stereocenters. The molecule has 0 heterocycles. The second-order valence-corrected chi connectivity index (χ2v) is 6.28. The molecule has 0 N–H and O–H groups in total. The fourth-order valence-electron chi connectivity index (χ4n) is 3.39. The topological polar surface area (TPSA) is 17.1 Å². The standard InChI is InChI=1S/C19H28O/c1-3-5-7-16-10-12-17(13-11-16)19(20)18-9-6-8-15(4-2)14-18/h6,8-9,14,16-17H,3-5,7,10-13H2,1-2H3. The van der Waals surface area contributed by atoms with E-state index in [4.69, 9.17) is 0 Å². The molecule has 0 bridgehead atoms. The van der Waals surface area contributed by atoms with Crippen LogP contribution in [0, 0.1) is 11.8 Å². The third-order valence-electron chi connectivity index (χ3n) is 4.80. The van der Waals surface area contributed by atoms with E-state index in [1.807, 2.05) is 12.1 Å². The van der Waals surface area contributed by atoms with Gasteiger partial charge >= 0.3 is 0 Å². The quantitative estimate of drug-likeness (QED) is 0.631. The van der Waals surface area contributed by atoms with Gasteiger partial charge in [0.2, 0.25) is 0 Å². The van der Waals surface area contributed by atoms with Crippen LogP contribution in [0.3, 0.4) is 0 Å². The molecule has 0 atom stereocenters. The first-order valence-electron chi connectivity index (χ1n) is 8.37. The Kier molecular flexibility index (Phi) is 5.82. The summed E-state index contributed by atoms with van der Waals surface area (Å²) >= 11 is 0. The van der Waals surface area contributed by atoms with Gasteiger partial charge in [-0.3, -0.25) is 4.79 Å². The molecule has 0 aromatic heterocycles. The molecule has 1 nitrogen and oxygen atoms in total. The molecular weight excluding hydrogens is 244 g/mol. The minimum absolute atomic E-state index is 0.278. The highest BCUT2D eigenvalue weighted by molar-refractivity contribution is 5.98. The lowest BCUT2D eigenvalue weighted by atomic mass is 9.77. The minimum atomic E-state index is 0.278. The van der Waals surface area contributed by atoms with Crippen molar-refractivity contribution in [2.45, 2.75) is 65.2 Å². The van der Waals surface area contributed by atoms with Gasteiger partial charge in [0.1, 0.15) is 0 Å². The number of Topliss-reactive ketones (excluding diaryl/α,β-unsaturated/α-hetero) is 1. The number of ketones is 1. The van der Waals surface area contributed by atoms with Gasteiger partial charge in [0.05, 0.1) is 0 Å². The number of hydrogen-bond acceptors (Lipinski definition) is 1. The maximum atomic E-state index is 12.6. The average Bonchev–Trinajstić information content (AvgIpc) is 2.52. The van der Waals surface area contributed by atoms with Crippen LogP contribution in [0.2, 0.25) is 0 Å². The summed E-state index contributed by atoms with van der Waals surface area (Å²) < 4.78 is 0. The van der Waals surface area contributed by atoms with Crippen LogP contribution in [0.5, 0.6) is 0 Å².